The van der Waals surface area contributed by atoms with Crippen molar-refractivity contribution in [2.75, 3.05) is 33.8 Å². The Balaban J connectivity index is 2.08. The van der Waals surface area contributed by atoms with E-state index in [1.165, 1.54) is 40.6 Å². The molecule has 152 valence electrons. The quantitative estimate of drug-likeness (QED) is 0.616. The van der Waals surface area contributed by atoms with Crippen molar-refractivity contribution >= 4 is 28.5 Å². The van der Waals surface area contributed by atoms with E-state index < -0.39 is 11.9 Å². The first-order chi connectivity index (χ1) is 13.9. The van der Waals surface area contributed by atoms with Crippen LogP contribution in [-0.4, -0.2) is 45.3 Å². The van der Waals surface area contributed by atoms with Gasteiger partial charge in [-0.05, 0) is 31.2 Å². The van der Waals surface area contributed by atoms with E-state index in [2.05, 4.69) is 10.3 Å². The van der Waals surface area contributed by atoms with E-state index in [9.17, 15) is 9.59 Å². The van der Waals surface area contributed by atoms with Crippen molar-refractivity contribution in [2.24, 2.45) is 0 Å². The van der Waals surface area contributed by atoms with Gasteiger partial charge in [0.1, 0.15) is 5.69 Å². The zero-order chi connectivity index (χ0) is 21.1. The fraction of sp³-hybridized carbons (Fsp3) is 0.238. The fourth-order valence-electron chi connectivity index (χ4n) is 3.09. The van der Waals surface area contributed by atoms with Crippen LogP contribution in [0.1, 0.15) is 26.4 Å². The van der Waals surface area contributed by atoms with Gasteiger partial charge in [0, 0.05) is 16.5 Å². The molecule has 0 radical (unpaired) electrons. The molecule has 0 bridgehead atoms. The number of nitrogens with one attached hydrogen (secondary N) is 2. The van der Waals surface area contributed by atoms with Gasteiger partial charge in [-0.2, -0.15) is 0 Å². The first-order valence-electron chi connectivity index (χ1n) is 8.75. The molecule has 0 aliphatic heterocycles. The number of amides is 1. The van der Waals surface area contributed by atoms with Gasteiger partial charge in [0.15, 0.2) is 11.5 Å². The van der Waals surface area contributed by atoms with Crippen molar-refractivity contribution in [1.29, 1.82) is 0 Å². The number of carbonyl (C=O) groups is 2. The molecule has 8 nitrogen and oxygen atoms in total. The molecular formula is C21H22N2O6. The zero-order valence-electron chi connectivity index (χ0n) is 16.8. The van der Waals surface area contributed by atoms with Gasteiger partial charge < -0.3 is 29.2 Å². The summed E-state index contributed by atoms with van der Waals surface area (Å²) < 4.78 is 20.7. The highest BCUT2D eigenvalue weighted by Crippen LogP contribution is 2.38. The third kappa shape index (κ3) is 3.69. The number of esters is 1. The molecule has 0 saturated heterocycles. The number of H-pyrrole nitrogens is 1. The highest BCUT2D eigenvalue weighted by Gasteiger charge is 2.23. The second-order valence-corrected chi connectivity index (χ2v) is 6.28. The second kappa shape index (κ2) is 8.14. The SMILES string of the molecule is COC(=O)c1[nH]c2ccc(C)cc2c1NC(=O)c1cc(OC)c(OC)c(OC)c1. The largest absolute Gasteiger partial charge is 0.493 e. The number of methoxy groups -OCH3 is 4. The molecule has 0 fully saturated rings. The van der Waals surface area contributed by atoms with Crippen LogP contribution < -0.4 is 19.5 Å². The molecule has 2 aromatic carbocycles. The average molecular weight is 398 g/mol. The molecule has 29 heavy (non-hydrogen) atoms. The Bertz CT molecular complexity index is 1060. The highest BCUT2D eigenvalue weighted by molar-refractivity contribution is 6.14. The van der Waals surface area contributed by atoms with Crippen molar-refractivity contribution in [1.82, 2.24) is 4.98 Å². The fourth-order valence-corrected chi connectivity index (χ4v) is 3.09. The summed E-state index contributed by atoms with van der Waals surface area (Å²) in [5.74, 6) is 0.0419. The van der Waals surface area contributed by atoms with E-state index >= 15 is 0 Å². The first-order valence-corrected chi connectivity index (χ1v) is 8.75. The Morgan fingerprint density at radius 2 is 1.59 bits per heavy atom. The Morgan fingerprint density at radius 3 is 2.14 bits per heavy atom. The van der Waals surface area contributed by atoms with Gasteiger partial charge in [0.25, 0.3) is 5.91 Å². The van der Waals surface area contributed by atoms with E-state index in [1.54, 1.807) is 0 Å². The number of ether oxygens (including phenoxy) is 4. The summed E-state index contributed by atoms with van der Waals surface area (Å²) in [7, 11) is 5.70. The third-order valence-corrected chi connectivity index (χ3v) is 4.51. The van der Waals surface area contributed by atoms with Crippen molar-refractivity contribution in [2.45, 2.75) is 6.92 Å². The summed E-state index contributed by atoms with van der Waals surface area (Å²) in [6, 6.07) is 8.70. The molecule has 0 saturated carbocycles. The minimum Gasteiger partial charge on any atom is -0.493 e. The lowest BCUT2D eigenvalue weighted by Gasteiger charge is -2.14. The Hall–Kier alpha value is -3.68. The number of fused-ring (bicyclic) bond motifs is 1. The molecule has 0 unspecified atom stereocenters. The molecule has 8 heteroatoms. The maximum absolute atomic E-state index is 13.0. The van der Waals surface area contributed by atoms with Crippen LogP contribution in [0.5, 0.6) is 17.2 Å². The minimum atomic E-state index is -0.584. The van der Waals surface area contributed by atoms with Crippen LogP contribution in [0.2, 0.25) is 0 Å². The van der Waals surface area contributed by atoms with Crippen LogP contribution in [0.3, 0.4) is 0 Å². The smallest absolute Gasteiger partial charge is 0.356 e. The number of benzene rings is 2. The number of rotatable bonds is 6. The van der Waals surface area contributed by atoms with Gasteiger partial charge in [-0.25, -0.2) is 4.79 Å². The van der Waals surface area contributed by atoms with Crippen molar-refractivity contribution in [3.8, 4) is 17.2 Å². The molecule has 2 N–H and O–H groups in total. The van der Waals surface area contributed by atoms with Crippen LogP contribution >= 0.6 is 0 Å². The number of aromatic nitrogens is 1. The summed E-state index contributed by atoms with van der Waals surface area (Å²) in [5, 5.41) is 3.51. The van der Waals surface area contributed by atoms with Crippen LogP contribution in [0.15, 0.2) is 30.3 Å². The van der Waals surface area contributed by atoms with Crippen LogP contribution in [0.25, 0.3) is 10.9 Å². The highest BCUT2D eigenvalue weighted by atomic mass is 16.5. The lowest BCUT2D eigenvalue weighted by Crippen LogP contribution is -2.15. The van der Waals surface area contributed by atoms with Gasteiger partial charge in [0.05, 0.1) is 34.1 Å². The second-order valence-electron chi connectivity index (χ2n) is 6.28. The van der Waals surface area contributed by atoms with E-state index in [0.29, 0.717) is 33.8 Å². The molecule has 3 rings (SSSR count). The standard InChI is InChI=1S/C21H22N2O6/c1-11-6-7-14-13(8-11)17(18(22-14)21(25)29-5)23-20(24)12-9-15(26-2)19(28-4)16(10-12)27-3/h6-10,22H,1-5H3,(H,23,24). The molecule has 0 aliphatic carbocycles. The maximum Gasteiger partial charge on any atom is 0.356 e. The summed E-state index contributed by atoms with van der Waals surface area (Å²) in [5.41, 5.74) is 2.47. The summed E-state index contributed by atoms with van der Waals surface area (Å²) in [4.78, 5) is 28.2. The topological polar surface area (TPSA) is 98.9 Å². The molecule has 1 heterocycles. The van der Waals surface area contributed by atoms with Crippen LogP contribution in [0, 0.1) is 6.92 Å². The number of aromatic amines is 1. The number of anilines is 1. The zero-order valence-corrected chi connectivity index (χ0v) is 16.8. The van der Waals surface area contributed by atoms with Crippen molar-refractivity contribution in [3.05, 3.63) is 47.2 Å². The third-order valence-electron chi connectivity index (χ3n) is 4.51. The molecular weight excluding hydrogens is 376 g/mol. The van der Waals surface area contributed by atoms with Gasteiger partial charge in [-0.3, -0.25) is 4.79 Å². The average Bonchev–Trinajstić information content (AvgIpc) is 3.09. The van der Waals surface area contributed by atoms with Gasteiger partial charge in [-0.1, -0.05) is 11.6 Å². The van der Waals surface area contributed by atoms with Crippen LogP contribution in [0.4, 0.5) is 5.69 Å². The number of hydrogen-bond acceptors (Lipinski definition) is 6. The molecule has 0 aliphatic rings. The predicted molar refractivity (Wildman–Crippen MR) is 108 cm³/mol. The molecule has 0 spiro atoms. The lowest BCUT2D eigenvalue weighted by molar-refractivity contribution is 0.0596. The molecule has 3 aromatic rings. The Morgan fingerprint density at radius 1 is 0.931 bits per heavy atom. The van der Waals surface area contributed by atoms with E-state index in [-0.39, 0.29) is 11.3 Å². The summed E-state index contributed by atoms with van der Waals surface area (Å²) in [6.45, 7) is 1.93. The molecule has 1 aromatic heterocycles. The van der Waals surface area contributed by atoms with Crippen LogP contribution in [-0.2, 0) is 4.74 Å². The molecule has 1 amide bonds. The summed E-state index contributed by atoms with van der Waals surface area (Å²) in [6.07, 6.45) is 0. The lowest BCUT2D eigenvalue weighted by atomic mass is 10.1. The first kappa shape index (κ1) is 20.1. The maximum atomic E-state index is 13.0. The minimum absolute atomic E-state index is 0.161. The predicted octanol–water partition coefficient (Wildman–Crippen LogP) is 3.54. The Kier molecular flexibility index (Phi) is 5.63. The van der Waals surface area contributed by atoms with E-state index in [0.717, 1.165) is 5.56 Å². The van der Waals surface area contributed by atoms with E-state index in [1.807, 2.05) is 25.1 Å². The van der Waals surface area contributed by atoms with Gasteiger partial charge >= 0.3 is 5.97 Å². The Labute approximate surface area is 167 Å². The number of carbonyl (C=O) groups excluding carboxylic acids is 2. The normalized spacial score (nSPS) is 10.5. The summed E-state index contributed by atoms with van der Waals surface area (Å²) >= 11 is 0. The van der Waals surface area contributed by atoms with Gasteiger partial charge in [-0.15, -0.1) is 0 Å². The monoisotopic (exact) mass is 398 g/mol. The number of hydrogen-bond donors (Lipinski definition) is 2. The number of aryl methyl sites for hydroxylation is 1. The van der Waals surface area contributed by atoms with Gasteiger partial charge in [0.2, 0.25) is 5.75 Å². The van der Waals surface area contributed by atoms with Crippen molar-refractivity contribution < 1.29 is 28.5 Å². The van der Waals surface area contributed by atoms with Crippen molar-refractivity contribution in [3.63, 3.8) is 0 Å². The molecule has 0 atom stereocenters. The van der Waals surface area contributed by atoms with E-state index in [4.69, 9.17) is 18.9 Å².